The number of carbonyl (C=O) groups is 2. The molecule has 9 nitrogen and oxygen atoms in total. The average molecular weight is 448 g/mol. The van der Waals surface area contributed by atoms with Crippen LogP contribution in [0.15, 0.2) is 41.3 Å². The van der Waals surface area contributed by atoms with Gasteiger partial charge in [0.1, 0.15) is 5.69 Å². The minimum Gasteiger partial charge on any atom is -0.462 e. The van der Waals surface area contributed by atoms with Crippen molar-refractivity contribution < 1.29 is 27.5 Å². The van der Waals surface area contributed by atoms with E-state index in [4.69, 9.17) is 9.47 Å². The van der Waals surface area contributed by atoms with Gasteiger partial charge in [0.05, 0.1) is 36.0 Å². The number of aromatic nitrogens is 1. The maximum Gasteiger partial charge on any atom is 0.339 e. The van der Waals surface area contributed by atoms with E-state index in [1.165, 1.54) is 28.6 Å². The standard InChI is InChI=1S/C21H25N3O6S/c1-3-30-21(26)18-8-9-19(23-15(18)2)20(25)22-14-16-4-6-17(7-5-16)31(27,28)24-10-12-29-13-11-24/h4-9H,3,10-14H2,1-2H3,(H,22,25). The predicted octanol–water partition coefficient (Wildman–Crippen LogP) is 1.52. The molecule has 0 atom stereocenters. The third-order valence-corrected chi connectivity index (χ3v) is 6.71. The van der Waals surface area contributed by atoms with Crippen LogP contribution in [-0.2, 0) is 26.0 Å². The van der Waals surface area contributed by atoms with Gasteiger partial charge in [0.2, 0.25) is 10.0 Å². The van der Waals surface area contributed by atoms with Gasteiger partial charge in [-0.2, -0.15) is 4.31 Å². The molecule has 3 rings (SSSR count). The van der Waals surface area contributed by atoms with Crippen LogP contribution in [0.1, 0.15) is 39.0 Å². The number of ether oxygens (including phenoxy) is 2. The summed E-state index contributed by atoms with van der Waals surface area (Å²) < 4.78 is 36.9. The summed E-state index contributed by atoms with van der Waals surface area (Å²) in [5, 5.41) is 2.74. The monoisotopic (exact) mass is 447 g/mol. The summed E-state index contributed by atoms with van der Waals surface area (Å²) in [4.78, 5) is 28.6. The van der Waals surface area contributed by atoms with E-state index < -0.39 is 21.9 Å². The van der Waals surface area contributed by atoms with Gasteiger partial charge < -0.3 is 14.8 Å². The van der Waals surface area contributed by atoms with Crippen molar-refractivity contribution in [2.45, 2.75) is 25.3 Å². The lowest BCUT2D eigenvalue weighted by Gasteiger charge is -2.26. The highest BCUT2D eigenvalue weighted by atomic mass is 32.2. The molecule has 2 aromatic rings. The molecule has 10 heteroatoms. The molecule has 1 N–H and O–H groups in total. The van der Waals surface area contributed by atoms with Crippen molar-refractivity contribution in [2.24, 2.45) is 0 Å². The minimum atomic E-state index is -3.55. The molecule has 31 heavy (non-hydrogen) atoms. The Hall–Kier alpha value is -2.82. The number of hydrogen-bond donors (Lipinski definition) is 1. The van der Waals surface area contributed by atoms with Crippen LogP contribution in [0, 0.1) is 6.92 Å². The summed E-state index contributed by atoms with van der Waals surface area (Å²) in [5.74, 6) is -0.880. The Bertz CT molecular complexity index is 1050. The lowest BCUT2D eigenvalue weighted by molar-refractivity contribution is 0.0524. The van der Waals surface area contributed by atoms with Gasteiger partial charge in [-0.25, -0.2) is 18.2 Å². The van der Waals surface area contributed by atoms with Crippen LogP contribution in [0.2, 0.25) is 0 Å². The molecule has 0 radical (unpaired) electrons. The van der Waals surface area contributed by atoms with E-state index in [0.717, 1.165) is 5.56 Å². The molecule has 1 aliphatic rings. The Kier molecular flexibility index (Phi) is 7.37. The van der Waals surface area contributed by atoms with Gasteiger partial charge in [-0.1, -0.05) is 12.1 Å². The second-order valence-electron chi connectivity index (χ2n) is 6.89. The topological polar surface area (TPSA) is 115 Å². The molecule has 1 saturated heterocycles. The second-order valence-corrected chi connectivity index (χ2v) is 8.83. The Morgan fingerprint density at radius 1 is 1.13 bits per heavy atom. The lowest BCUT2D eigenvalue weighted by atomic mass is 10.1. The van der Waals surface area contributed by atoms with Gasteiger partial charge >= 0.3 is 5.97 Å². The van der Waals surface area contributed by atoms with Crippen molar-refractivity contribution >= 4 is 21.9 Å². The zero-order chi connectivity index (χ0) is 22.4. The first-order chi connectivity index (χ1) is 14.8. The number of amides is 1. The van der Waals surface area contributed by atoms with Crippen LogP contribution in [0.5, 0.6) is 0 Å². The first kappa shape index (κ1) is 22.9. The number of nitrogens with zero attached hydrogens (tertiary/aromatic N) is 2. The van der Waals surface area contributed by atoms with Crippen LogP contribution in [0.25, 0.3) is 0 Å². The molecule has 1 amide bonds. The lowest BCUT2D eigenvalue weighted by Crippen LogP contribution is -2.40. The molecule has 2 heterocycles. The number of hydrogen-bond acceptors (Lipinski definition) is 7. The van der Waals surface area contributed by atoms with E-state index in [2.05, 4.69) is 10.3 Å². The number of aryl methyl sites for hydroxylation is 1. The van der Waals surface area contributed by atoms with Crippen LogP contribution in [0.3, 0.4) is 0 Å². The molecule has 0 aliphatic carbocycles. The van der Waals surface area contributed by atoms with Gasteiger partial charge in [0, 0.05) is 19.6 Å². The van der Waals surface area contributed by atoms with Gasteiger partial charge in [0.25, 0.3) is 5.91 Å². The van der Waals surface area contributed by atoms with E-state index in [9.17, 15) is 18.0 Å². The number of morpholine rings is 1. The molecule has 0 saturated carbocycles. The molecule has 166 valence electrons. The molecule has 1 aromatic carbocycles. The number of pyridine rings is 1. The highest BCUT2D eigenvalue weighted by molar-refractivity contribution is 7.89. The fourth-order valence-corrected chi connectivity index (χ4v) is 4.51. The fourth-order valence-electron chi connectivity index (χ4n) is 3.10. The van der Waals surface area contributed by atoms with Gasteiger partial charge in [0.15, 0.2) is 0 Å². The van der Waals surface area contributed by atoms with E-state index in [1.807, 2.05) is 0 Å². The minimum absolute atomic E-state index is 0.178. The molecule has 1 aromatic heterocycles. The summed E-state index contributed by atoms with van der Waals surface area (Å²) in [7, 11) is -3.55. The summed E-state index contributed by atoms with van der Waals surface area (Å²) in [5.41, 5.74) is 1.64. The Labute approximate surface area is 181 Å². The van der Waals surface area contributed by atoms with E-state index in [-0.39, 0.29) is 23.7 Å². The average Bonchev–Trinajstić information content (AvgIpc) is 2.78. The molecule has 0 unspecified atom stereocenters. The third-order valence-electron chi connectivity index (χ3n) is 4.80. The summed E-state index contributed by atoms with van der Waals surface area (Å²) in [6.07, 6.45) is 0. The van der Waals surface area contributed by atoms with Crippen molar-refractivity contribution in [2.75, 3.05) is 32.9 Å². The summed E-state index contributed by atoms with van der Waals surface area (Å²) in [6.45, 7) is 5.26. The van der Waals surface area contributed by atoms with Crippen LogP contribution < -0.4 is 5.32 Å². The summed E-state index contributed by atoms with van der Waals surface area (Å²) >= 11 is 0. The zero-order valence-corrected chi connectivity index (χ0v) is 18.3. The highest BCUT2D eigenvalue weighted by Crippen LogP contribution is 2.18. The largest absolute Gasteiger partial charge is 0.462 e. The molecular weight excluding hydrogens is 422 g/mol. The maximum absolute atomic E-state index is 12.7. The van der Waals surface area contributed by atoms with E-state index in [0.29, 0.717) is 37.6 Å². The van der Waals surface area contributed by atoms with Crippen LogP contribution >= 0.6 is 0 Å². The predicted molar refractivity (Wildman–Crippen MR) is 112 cm³/mol. The number of rotatable bonds is 7. The number of sulfonamides is 1. The van der Waals surface area contributed by atoms with Gasteiger partial charge in [-0.15, -0.1) is 0 Å². The van der Waals surface area contributed by atoms with E-state index in [1.54, 1.807) is 26.0 Å². The smallest absolute Gasteiger partial charge is 0.339 e. The Morgan fingerprint density at radius 2 is 1.81 bits per heavy atom. The number of nitrogens with one attached hydrogen (secondary N) is 1. The van der Waals surface area contributed by atoms with Crippen LogP contribution in [0.4, 0.5) is 0 Å². The first-order valence-corrected chi connectivity index (χ1v) is 11.4. The Morgan fingerprint density at radius 3 is 2.42 bits per heavy atom. The molecular formula is C21H25N3O6S. The van der Waals surface area contributed by atoms with E-state index >= 15 is 0 Å². The molecule has 0 spiro atoms. The summed E-state index contributed by atoms with van der Waals surface area (Å²) in [6, 6.07) is 9.37. The third kappa shape index (κ3) is 5.46. The maximum atomic E-state index is 12.7. The SMILES string of the molecule is CCOC(=O)c1ccc(C(=O)NCc2ccc(S(=O)(=O)N3CCOCC3)cc2)nc1C. The number of benzene rings is 1. The normalized spacial score (nSPS) is 14.8. The molecule has 1 fully saturated rings. The van der Waals surface area contributed by atoms with Crippen molar-refractivity contribution in [1.82, 2.24) is 14.6 Å². The fraction of sp³-hybridized carbons (Fsp3) is 0.381. The van der Waals surface area contributed by atoms with Gasteiger partial charge in [-0.3, -0.25) is 4.79 Å². The molecule has 1 aliphatic heterocycles. The van der Waals surface area contributed by atoms with Crippen molar-refractivity contribution in [1.29, 1.82) is 0 Å². The van der Waals surface area contributed by atoms with Crippen LogP contribution in [-0.4, -0.2) is 62.5 Å². The van der Waals surface area contributed by atoms with Crippen molar-refractivity contribution in [3.63, 3.8) is 0 Å². The highest BCUT2D eigenvalue weighted by Gasteiger charge is 2.26. The number of esters is 1. The van der Waals surface area contributed by atoms with Crippen molar-refractivity contribution in [3.05, 3.63) is 58.9 Å². The second kappa shape index (κ2) is 9.99. The van der Waals surface area contributed by atoms with Gasteiger partial charge in [-0.05, 0) is 43.7 Å². The number of carbonyl (C=O) groups excluding carboxylic acids is 2. The zero-order valence-electron chi connectivity index (χ0n) is 17.5. The molecule has 0 bridgehead atoms. The quantitative estimate of drug-likeness (QED) is 0.640. The first-order valence-electron chi connectivity index (χ1n) is 9.92. The van der Waals surface area contributed by atoms with Crippen molar-refractivity contribution in [3.8, 4) is 0 Å². The Balaban J connectivity index is 1.62.